The second-order valence-electron chi connectivity index (χ2n) is 5.90. The van der Waals surface area contributed by atoms with Crippen LogP contribution >= 0.6 is 0 Å². The van der Waals surface area contributed by atoms with Gasteiger partial charge in [-0.15, -0.1) is 0 Å². The molecular weight excluding hydrogens is 236 g/mol. The second kappa shape index (κ2) is 10.1. The lowest BCUT2D eigenvalue weighted by atomic mass is 9.97. The lowest BCUT2D eigenvalue weighted by Crippen LogP contribution is -2.18. The fraction of sp³-hybridized carbons (Fsp3) is 0.824. The van der Waals surface area contributed by atoms with E-state index in [-0.39, 0.29) is 12.1 Å². The minimum Gasteiger partial charge on any atom is -0.459 e. The third kappa shape index (κ3) is 8.07. The van der Waals surface area contributed by atoms with E-state index < -0.39 is 0 Å². The molecule has 2 heteroatoms. The van der Waals surface area contributed by atoms with E-state index in [9.17, 15) is 4.79 Å². The Balaban J connectivity index is 2.44. The van der Waals surface area contributed by atoms with Crippen molar-refractivity contribution in [2.75, 3.05) is 0 Å². The van der Waals surface area contributed by atoms with Crippen LogP contribution in [0, 0.1) is 5.92 Å². The summed E-state index contributed by atoms with van der Waals surface area (Å²) in [6.45, 7) is 4.50. The Morgan fingerprint density at radius 2 is 2.00 bits per heavy atom. The van der Waals surface area contributed by atoms with Crippen LogP contribution < -0.4 is 0 Å². The summed E-state index contributed by atoms with van der Waals surface area (Å²) in [4.78, 5) is 11.7. The van der Waals surface area contributed by atoms with E-state index in [0.717, 1.165) is 31.6 Å². The quantitative estimate of drug-likeness (QED) is 0.667. The molecule has 1 aliphatic rings. The number of esters is 1. The van der Waals surface area contributed by atoms with Gasteiger partial charge in [0.2, 0.25) is 0 Å². The fourth-order valence-electron chi connectivity index (χ4n) is 2.48. The van der Waals surface area contributed by atoms with Crippen molar-refractivity contribution in [2.24, 2.45) is 5.92 Å². The minimum atomic E-state index is -0.144. The molecule has 0 aromatic rings. The summed E-state index contributed by atoms with van der Waals surface area (Å²) in [5, 5.41) is 0. The maximum atomic E-state index is 11.7. The van der Waals surface area contributed by atoms with Gasteiger partial charge in [0, 0.05) is 6.08 Å². The molecule has 1 heterocycles. The van der Waals surface area contributed by atoms with Crippen LogP contribution in [-0.4, -0.2) is 12.1 Å². The average molecular weight is 266 g/mol. The van der Waals surface area contributed by atoms with Crippen LogP contribution in [0.4, 0.5) is 0 Å². The van der Waals surface area contributed by atoms with Crippen LogP contribution in [0.2, 0.25) is 0 Å². The average Bonchev–Trinajstić information content (AvgIpc) is 2.40. The predicted octanol–water partition coefficient (Wildman–Crippen LogP) is 5.03. The molecule has 1 rings (SSSR count). The van der Waals surface area contributed by atoms with E-state index in [0.29, 0.717) is 0 Å². The third-order valence-corrected chi connectivity index (χ3v) is 4.11. The SMILES string of the molecule is CCC(C)CCC1CCCCCCCC=CC(=O)O1. The summed E-state index contributed by atoms with van der Waals surface area (Å²) >= 11 is 0. The maximum absolute atomic E-state index is 11.7. The molecule has 0 amide bonds. The van der Waals surface area contributed by atoms with E-state index in [1.165, 1.54) is 38.5 Å². The molecule has 2 atom stereocenters. The van der Waals surface area contributed by atoms with Crippen molar-refractivity contribution in [2.45, 2.75) is 84.2 Å². The molecule has 0 saturated carbocycles. The van der Waals surface area contributed by atoms with E-state index in [1.807, 2.05) is 6.08 Å². The Kier molecular flexibility index (Phi) is 8.61. The number of hydrogen-bond donors (Lipinski definition) is 0. The smallest absolute Gasteiger partial charge is 0.330 e. The lowest BCUT2D eigenvalue weighted by molar-refractivity contribution is -0.143. The molecule has 0 aromatic heterocycles. The topological polar surface area (TPSA) is 26.3 Å². The van der Waals surface area contributed by atoms with Crippen LogP contribution in [-0.2, 0) is 9.53 Å². The zero-order valence-corrected chi connectivity index (χ0v) is 12.7. The van der Waals surface area contributed by atoms with E-state index in [2.05, 4.69) is 13.8 Å². The van der Waals surface area contributed by atoms with Crippen molar-refractivity contribution >= 4 is 5.97 Å². The standard InChI is InChI=1S/C17H30O2/c1-3-15(2)13-14-16-11-9-7-5-4-6-8-10-12-17(18)19-16/h10,12,15-16H,3-9,11,13-14H2,1-2H3. The van der Waals surface area contributed by atoms with Crippen LogP contribution in [0.25, 0.3) is 0 Å². The number of hydrogen-bond acceptors (Lipinski definition) is 2. The highest BCUT2D eigenvalue weighted by Crippen LogP contribution is 2.19. The molecule has 0 N–H and O–H groups in total. The van der Waals surface area contributed by atoms with Gasteiger partial charge in [0.25, 0.3) is 0 Å². The normalized spacial score (nSPS) is 24.1. The highest BCUT2D eigenvalue weighted by Gasteiger charge is 2.14. The van der Waals surface area contributed by atoms with Gasteiger partial charge >= 0.3 is 5.97 Å². The van der Waals surface area contributed by atoms with Crippen LogP contribution in [0.5, 0.6) is 0 Å². The molecule has 0 aliphatic carbocycles. The number of cyclic esters (lactones) is 1. The molecule has 0 saturated heterocycles. The zero-order chi connectivity index (χ0) is 13.9. The first-order chi connectivity index (χ1) is 9.22. The molecule has 2 unspecified atom stereocenters. The number of allylic oxidation sites excluding steroid dienone is 1. The first-order valence-electron chi connectivity index (χ1n) is 8.09. The number of rotatable bonds is 4. The lowest BCUT2D eigenvalue weighted by Gasteiger charge is -2.19. The summed E-state index contributed by atoms with van der Waals surface area (Å²) in [5.41, 5.74) is 0. The first-order valence-corrected chi connectivity index (χ1v) is 8.09. The van der Waals surface area contributed by atoms with Crippen molar-refractivity contribution < 1.29 is 9.53 Å². The van der Waals surface area contributed by atoms with Gasteiger partial charge in [0.15, 0.2) is 0 Å². The van der Waals surface area contributed by atoms with Crippen molar-refractivity contribution in [3.05, 3.63) is 12.2 Å². The van der Waals surface area contributed by atoms with Gasteiger partial charge in [-0.1, -0.05) is 45.6 Å². The molecular formula is C17H30O2. The first kappa shape index (κ1) is 16.3. The second-order valence-corrected chi connectivity index (χ2v) is 5.90. The monoisotopic (exact) mass is 266 g/mol. The Hall–Kier alpha value is -0.790. The highest BCUT2D eigenvalue weighted by molar-refractivity contribution is 5.82. The molecule has 19 heavy (non-hydrogen) atoms. The van der Waals surface area contributed by atoms with Gasteiger partial charge in [0.1, 0.15) is 6.10 Å². The van der Waals surface area contributed by atoms with Gasteiger partial charge in [-0.2, -0.15) is 0 Å². The van der Waals surface area contributed by atoms with Gasteiger partial charge in [-0.25, -0.2) is 4.79 Å². The summed E-state index contributed by atoms with van der Waals surface area (Å²) in [6, 6.07) is 0. The van der Waals surface area contributed by atoms with Crippen molar-refractivity contribution in [3.63, 3.8) is 0 Å². The number of carbonyl (C=O) groups is 1. The van der Waals surface area contributed by atoms with Crippen LogP contribution in [0.15, 0.2) is 12.2 Å². The Morgan fingerprint density at radius 1 is 1.26 bits per heavy atom. The zero-order valence-electron chi connectivity index (χ0n) is 12.7. The molecule has 0 bridgehead atoms. The number of carbonyl (C=O) groups excluding carboxylic acids is 1. The van der Waals surface area contributed by atoms with Crippen LogP contribution in [0.3, 0.4) is 0 Å². The summed E-state index contributed by atoms with van der Waals surface area (Å²) in [7, 11) is 0. The van der Waals surface area contributed by atoms with Crippen molar-refractivity contribution in [3.8, 4) is 0 Å². The van der Waals surface area contributed by atoms with Gasteiger partial charge < -0.3 is 4.74 Å². The Bertz CT molecular complexity index is 270. The van der Waals surface area contributed by atoms with E-state index >= 15 is 0 Å². The summed E-state index contributed by atoms with van der Waals surface area (Å²) in [5.74, 6) is 0.588. The molecule has 0 spiro atoms. The molecule has 1 aliphatic heterocycles. The predicted molar refractivity (Wildman–Crippen MR) is 80.0 cm³/mol. The largest absolute Gasteiger partial charge is 0.459 e. The summed E-state index contributed by atoms with van der Waals surface area (Å²) < 4.78 is 5.59. The van der Waals surface area contributed by atoms with Crippen molar-refractivity contribution in [1.29, 1.82) is 0 Å². The Labute approximate surface area is 118 Å². The third-order valence-electron chi connectivity index (χ3n) is 4.11. The molecule has 110 valence electrons. The van der Waals surface area contributed by atoms with Gasteiger partial charge in [-0.3, -0.25) is 0 Å². The van der Waals surface area contributed by atoms with E-state index in [4.69, 9.17) is 4.74 Å². The molecule has 0 fully saturated rings. The van der Waals surface area contributed by atoms with Crippen molar-refractivity contribution in [1.82, 2.24) is 0 Å². The molecule has 2 nitrogen and oxygen atoms in total. The molecule has 0 radical (unpaired) electrons. The van der Waals surface area contributed by atoms with E-state index in [1.54, 1.807) is 6.08 Å². The summed E-state index contributed by atoms with van der Waals surface area (Å²) in [6.07, 6.45) is 15.4. The number of ether oxygens (including phenoxy) is 1. The minimum absolute atomic E-state index is 0.130. The van der Waals surface area contributed by atoms with Crippen LogP contribution in [0.1, 0.15) is 78.1 Å². The van der Waals surface area contributed by atoms with Gasteiger partial charge in [0.05, 0.1) is 0 Å². The highest BCUT2D eigenvalue weighted by atomic mass is 16.5. The maximum Gasteiger partial charge on any atom is 0.330 e. The Morgan fingerprint density at radius 3 is 2.79 bits per heavy atom. The molecule has 0 aromatic carbocycles. The van der Waals surface area contributed by atoms with Gasteiger partial charge in [-0.05, 0) is 44.4 Å². The fourth-order valence-corrected chi connectivity index (χ4v) is 2.48.